The molecule has 0 spiro atoms. The zero-order valence-electron chi connectivity index (χ0n) is 17.4. The van der Waals surface area contributed by atoms with Crippen LogP contribution in [0.2, 0.25) is 5.02 Å². The van der Waals surface area contributed by atoms with Crippen LogP contribution in [0.1, 0.15) is 30.5 Å². The summed E-state index contributed by atoms with van der Waals surface area (Å²) in [6.45, 7) is 5.05. The molecule has 1 N–H and O–H groups in total. The summed E-state index contributed by atoms with van der Waals surface area (Å²) in [4.78, 5) is 17.5. The van der Waals surface area contributed by atoms with E-state index in [-0.39, 0.29) is 11.2 Å². The molecule has 1 aliphatic rings. The summed E-state index contributed by atoms with van der Waals surface area (Å²) in [7, 11) is -3.15. The SMILES string of the molecule is CC1(C)CN=Cc2ccc(-c3nc(Nc4cc(CS(C)(=O)=O)ccn4)ncc3Cl)cc21. The van der Waals surface area contributed by atoms with Crippen LogP contribution in [0.25, 0.3) is 11.3 Å². The number of fused-ring (bicyclic) bond motifs is 1. The number of hydrogen-bond donors (Lipinski definition) is 1. The number of nitrogens with one attached hydrogen (secondary N) is 1. The Bertz CT molecular complexity index is 1290. The van der Waals surface area contributed by atoms with Crippen molar-refractivity contribution in [3.63, 3.8) is 0 Å². The molecule has 0 atom stereocenters. The molecule has 0 amide bonds. The number of rotatable bonds is 5. The molecule has 3 aromatic rings. The third-order valence-electron chi connectivity index (χ3n) is 5.01. The molecule has 0 saturated heterocycles. The van der Waals surface area contributed by atoms with E-state index < -0.39 is 9.84 Å². The monoisotopic (exact) mass is 455 g/mol. The molecule has 1 aliphatic heterocycles. The van der Waals surface area contributed by atoms with Crippen molar-refractivity contribution >= 4 is 39.4 Å². The number of aliphatic imine (C=N–C) groups is 1. The zero-order valence-corrected chi connectivity index (χ0v) is 19.0. The van der Waals surface area contributed by atoms with Crippen LogP contribution in [0, 0.1) is 0 Å². The molecule has 1 aromatic carbocycles. The maximum Gasteiger partial charge on any atom is 0.228 e. The minimum Gasteiger partial charge on any atom is -0.309 e. The highest BCUT2D eigenvalue weighted by atomic mass is 35.5. The highest BCUT2D eigenvalue weighted by Gasteiger charge is 2.26. The van der Waals surface area contributed by atoms with E-state index in [2.05, 4.69) is 45.2 Å². The molecule has 0 unspecified atom stereocenters. The van der Waals surface area contributed by atoms with Gasteiger partial charge in [0, 0.05) is 36.2 Å². The predicted octanol–water partition coefficient (Wildman–Crippen LogP) is 4.19. The highest BCUT2D eigenvalue weighted by molar-refractivity contribution is 7.89. The van der Waals surface area contributed by atoms with Gasteiger partial charge in [-0.25, -0.2) is 23.4 Å². The number of nitrogens with zero attached hydrogens (tertiary/aromatic N) is 4. The quantitative estimate of drug-likeness (QED) is 0.619. The summed E-state index contributed by atoms with van der Waals surface area (Å²) in [5.41, 5.74) is 4.33. The van der Waals surface area contributed by atoms with Gasteiger partial charge in [-0.15, -0.1) is 0 Å². The standard InChI is InChI=1S/C22H22ClN5O2S/c1-22(2)13-24-10-16-5-4-15(9-17(16)22)20-18(23)11-26-21(28-20)27-19-8-14(6-7-25-19)12-31(3,29)30/h4-11H,12-13H2,1-3H3,(H,25,26,27,28). The van der Waals surface area contributed by atoms with Crippen LogP contribution < -0.4 is 5.32 Å². The van der Waals surface area contributed by atoms with Crippen LogP contribution >= 0.6 is 11.6 Å². The van der Waals surface area contributed by atoms with Crippen molar-refractivity contribution in [2.24, 2.45) is 4.99 Å². The van der Waals surface area contributed by atoms with E-state index in [4.69, 9.17) is 11.6 Å². The first-order chi connectivity index (χ1) is 14.6. The zero-order chi connectivity index (χ0) is 22.2. The minimum absolute atomic E-state index is 0.0643. The Morgan fingerprint density at radius 3 is 2.74 bits per heavy atom. The summed E-state index contributed by atoms with van der Waals surface area (Å²) >= 11 is 6.42. The lowest BCUT2D eigenvalue weighted by Gasteiger charge is -2.28. The van der Waals surface area contributed by atoms with Crippen LogP contribution in [-0.4, -0.2) is 42.4 Å². The molecule has 160 valence electrons. The number of aromatic nitrogens is 3. The van der Waals surface area contributed by atoms with Crippen LogP contribution in [0.15, 0.2) is 47.7 Å². The lowest BCUT2D eigenvalue weighted by atomic mass is 9.79. The fourth-order valence-electron chi connectivity index (χ4n) is 3.54. The van der Waals surface area contributed by atoms with E-state index in [1.807, 2.05) is 18.3 Å². The largest absolute Gasteiger partial charge is 0.309 e. The lowest BCUT2D eigenvalue weighted by molar-refractivity contribution is 0.534. The third kappa shape index (κ3) is 4.91. The van der Waals surface area contributed by atoms with E-state index in [1.165, 1.54) is 11.8 Å². The maximum absolute atomic E-state index is 11.6. The van der Waals surface area contributed by atoms with Gasteiger partial charge in [0.2, 0.25) is 5.95 Å². The molecule has 0 saturated carbocycles. The van der Waals surface area contributed by atoms with Crippen molar-refractivity contribution in [3.8, 4) is 11.3 Å². The van der Waals surface area contributed by atoms with Crippen molar-refractivity contribution in [1.29, 1.82) is 0 Å². The minimum atomic E-state index is -3.15. The van der Waals surface area contributed by atoms with Crippen molar-refractivity contribution in [3.05, 3.63) is 64.4 Å². The van der Waals surface area contributed by atoms with Crippen molar-refractivity contribution in [2.75, 3.05) is 18.1 Å². The van der Waals surface area contributed by atoms with Crippen LogP contribution in [0.5, 0.6) is 0 Å². The van der Waals surface area contributed by atoms with Crippen molar-refractivity contribution in [2.45, 2.75) is 25.0 Å². The fourth-order valence-corrected chi connectivity index (χ4v) is 4.52. The molecule has 0 aliphatic carbocycles. The van der Waals surface area contributed by atoms with Gasteiger partial charge >= 0.3 is 0 Å². The summed E-state index contributed by atoms with van der Waals surface area (Å²) < 4.78 is 23.1. The van der Waals surface area contributed by atoms with Crippen LogP contribution in [0.3, 0.4) is 0 Å². The Kier molecular flexibility index (Phi) is 5.53. The van der Waals surface area contributed by atoms with Gasteiger partial charge in [-0.2, -0.15) is 0 Å². The fraction of sp³-hybridized carbons (Fsp3) is 0.273. The molecule has 9 heteroatoms. The van der Waals surface area contributed by atoms with Gasteiger partial charge in [0.05, 0.1) is 22.7 Å². The number of benzene rings is 1. The summed E-state index contributed by atoms with van der Waals surface area (Å²) in [6, 6.07) is 9.42. The Balaban J connectivity index is 1.66. The average molecular weight is 456 g/mol. The number of sulfone groups is 1. The molecule has 31 heavy (non-hydrogen) atoms. The van der Waals surface area contributed by atoms with E-state index in [0.29, 0.717) is 28.0 Å². The van der Waals surface area contributed by atoms with Gasteiger partial charge in [0.15, 0.2) is 9.84 Å². The highest BCUT2D eigenvalue weighted by Crippen LogP contribution is 2.34. The third-order valence-corrected chi connectivity index (χ3v) is 6.14. The molecule has 4 rings (SSSR count). The molecule has 7 nitrogen and oxygen atoms in total. The number of pyridine rings is 1. The molecular weight excluding hydrogens is 434 g/mol. The van der Waals surface area contributed by atoms with Crippen molar-refractivity contribution in [1.82, 2.24) is 15.0 Å². The second-order valence-corrected chi connectivity index (χ2v) is 10.8. The van der Waals surface area contributed by atoms with Gasteiger partial charge in [0.1, 0.15) is 5.82 Å². The van der Waals surface area contributed by atoms with Gasteiger partial charge in [-0.3, -0.25) is 4.99 Å². The number of anilines is 2. The molecule has 2 aromatic heterocycles. The second kappa shape index (κ2) is 8.01. The summed E-state index contributed by atoms with van der Waals surface area (Å²) in [6.07, 6.45) is 6.18. The average Bonchev–Trinajstić information content (AvgIpc) is 2.68. The topological polar surface area (TPSA) is 97.2 Å². The summed E-state index contributed by atoms with van der Waals surface area (Å²) in [5.74, 6) is 0.713. The molecule has 3 heterocycles. The van der Waals surface area contributed by atoms with E-state index >= 15 is 0 Å². The van der Waals surface area contributed by atoms with Gasteiger partial charge in [-0.05, 0) is 34.9 Å². The Morgan fingerprint density at radius 1 is 1.16 bits per heavy atom. The molecule has 0 bridgehead atoms. The Labute approximate surface area is 186 Å². The van der Waals surface area contributed by atoms with E-state index in [9.17, 15) is 8.42 Å². The predicted molar refractivity (Wildman–Crippen MR) is 124 cm³/mol. The van der Waals surface area contributed by atoms with Crippen LogP contribution in [-0.2, 0) is 21.0 Å². The van der Waals surface area contributed by atoms with Gasteiger partial charge in [-0.1, -0.05) is 37.6 Å². The summed E-state index contributed by atoms with van der Waals surface area (Å²) in [5, 5.41) is 3.47. The first-order valence-electron chi connectivity index (χ1n) is 9.68. The smallest absolute Gasteiger partial charge is 0.228 e. The van der Waals surface area contributed by atoms with Crippen LogP contribution in [0.4, 0.5) is 11.8 Å². The molecule has 0 fully saturated rings. The van der Waals surface area contributed by atoms with Crippen molar-refractivity contribution < 1.29 is 8.42 Å². The lowest BCUT2D eigenvalue weighted by Crippen LogP contribution is -2.26. The maximum atomic E-state index is 11.6. The first-order valence-corrected chi connectivity index (χ1v) is 12.1. The Morgan fingerprint density at radius 2 is 1.97 bits per heavy atom. The molecular formula is C22H22ClN5O2S. The second-order valence-electron chi connectivity index (χ2n) is 8.29. The van der Waals surface area contributed by atoms with E-state index in [0.717, 1.165) is 17.7 Å². The number of hydrogen-bond acceptors (Lipinski definition) is 7. The normalized spacial score (nSPS) is 14.8. The first kappa shape index (κ1) is 21.4. The van der Waals surface area contributed by atoms with Gasteiger partial charge in [0.25, 0.3) is 0 Å². The van der Waals surface area contributed by atoms with E-state index in [1.54, 1.807) is 24.5 Å². The molecule has 0 radical (unpaired) electrons. The Hall–Kier alpha value is -2.84. The number of halogens is 1. The van der Waals surface area contributed by atoms with Gasteiger partial charge < -0.3 is 5.32 Å².